The lowest BCUT2D eigenvalue weighted by atomic mass is 9.48. The van der Waals surface area contributed by atoms with Crippen LogP contribution in [0.1, 0.15) is 70.9 Å². The van der Waals surface area contributed by atoms with Gasteiger partial charge in [0.1, 0.15) is 11.4 Å². The highest BCUT2D eigenvalue weighted by atomic mass is 32.2. The topological polar surface area (TPSA) is 119 Å². The maximum absolute atomic E-state index is 13.9. The van der Waals surface area contributed by atoms with Gasteiger partial charge in [-0.2, -0.15) is 13.1 Å². The van der Waals surface area contributed by atoms with Crippen LogP contribution in [0.2, 0.25) is 0 Å². The minimum absolute atomic E-state index is 0.0520. The lowest BCUT2D eigenvalue weighted by molar-refractivity contribution is -0.138. The monoisotopic (exact) mass is 526 g/mol. The van der Waals surface area contributed by atoms with Gasteiger partial charge in [-0.15, -0.1) is 0 Å². The maximum atomic E-state index is 13.9. The molecule has 2 aromatic rings. The lowest BCUT2D eigenvalue weighted by Gasteiger charge is -2.59. The SMILES string of the molecule is CC(C)(C)OC(=O)NS(=O)(=O)NC12CC3CC(C1)C(C(=O)CC1c4ccccc4-c4cncn41)C(C3)C2. The smallest absolute Gasteiger partial charge is 0.422 e. The third kappa shape index (κ3) is 4.48. The number of aromatic nitrogens is 2. The summed E-state index contributed by atoms with van der Waals surface area (Å²) in [5, 5.41) is 0. The molecule has 7 rings (SSSR count). The molecule has 0 saturated heterocycles. The molecule has 4 bridgehead atoms. The third-order valence-corrected chi connectivity index (χ3v) is 9.74. The van der Waals surface area contributed by atoms with E-state index in [0.29, 0.717) is 25.2 Å². The van der Waals surface area contributed by atoms with Crippen LogP contribution >= 0.6 is 0 Å². The first-order valence-corrected chi connectivity index (χ1v) is 14.6. The molecule has 1 aromatic carbocycles. The Bertz CT molecular complexity index is 1340. The number of rotatable bonds is 6. The fraction of sp³-hybridized carbons (Fsp3) is 0.593. The van der Waals surface area contributed by atoms with Crippen molar-refractivity contribution in [3.8, 4) is 11.3 Å². The largest absolute Gasteiger partial charge is 0.443 e. The van der Waals surface area contributed by atoms with Gasteiger partial charge in [0.25, 0.3) is 0 Å². The second-order valence-corrected chi connectivity index (χ2v) is 13.9. The molecule has 198 valence electrons. The van der Waals surface area contributed by atoms with Gasteiger partial charge in [0.2, 0.25) is 0 Å². The summed E-state index contributed by atoms with van der Waals surface area (Å²) in [6, 6.07) is 8.15. The second-order valence-electron chi connectivity index (χ2n) is 12.4. The van der Waals surface area contributed by atoms with Crippen molar-refractivity contribution in [3.63, 3.8) is 0 Å². The maximum Gasteiger partial charge on any atom is 0.422 e. The fourth-order valence-electron chi connectivity index (χ4n) is 7.86. The van der Waals surface area contributed by atoms with Gasteiger partial charge in [-0.1, -0.05) is 24.3 Å². The van der Waals surface area contributed by atoms with E-state index >= 15 is 0 Å². The van der Waals surface area contributed by atoms with Crippen molar-refractivity contribution in [1.29, 1.82) is 0 Å². The average molecular weight is 527 g/mol. The van der Waals surface area contributed by atoms with Crippen LogP contribution in [0.3, 0.4) is 0 Å². The molecular formula is C27H34N4O5S. The quantitative estimate of drug-likeness (QED) is 0.588. The van der Waals surface area contributed by atoms with Crippen LogP contribution in [0.4, 0.5) is 4.79 Å². The van der Waals surface area contributed by atoms with E-state index < -0.39 is 27.4 Å². The minimum atomic E-state index is -4.10. The van der Waals surface area contributed by atoms with Crippen molar-refractivity contribution in [2.24, 2.45) is 23.7 Å². The summed E-state index contributed by atoms with van der Waals surface area (Å²) in [6.45, 7) is 5.04. The molecule has 2 heterocycles. The number of nitrogens with zero attached hydrogens (tertiary/aromatic N) is 2. The number of carbonyl (C=O) groups is 2. The average Bonchev–Trinajstić information content (AvgIpc) is 3.33. The zero-order valence-corrected chi connectivity index (χ0v) is 22.3. The van der Waals surface area contributed by atoms with E-state index in [0.717, 1.165) is 36.1 Å². The molecule has 5 aliphatic rings. The first-order chi connectivity index (χ1) is 17.4. The Morgan fingerprint density at radius 2 is 1.84 bits per heavy atom. The van der Waals surface area contributed by atoms with Gasteiger partial charge >= 0.3 is 16.3 Å². The summed E-state index contributed by atoms with van der Waals surface area (Å²) in [6.07, 6.45) is 6.96. The number of carbonyl (C=O) groups excluding carboxylic acids is 2. The Morgan fingerprint density at radius 1 is 1.14 bits per heavy atom. The number of ether oxygens (including phenoxy) is 1. The molecule has 10 heteroatoms. The van der Waals surface area contributed by atoms with Gasteiger partial charge < -0.3 is 9.30 Å². The van der Waals surface area contributed by atoms with Crippen LogP contribution in [0.25, 0.3) is 11.3 Å². The summed E-state index contributed by atoms with van der Waals surface area (Å²) < 4.78 is 37.8. The Labute approximate surface area is 217 Å². The van der Waals surface area contributed by atoms with E-state index in [2.05, 4.69) is 26.4 Å². The molecule has 1 aromatic heterocycles. The summed E-state index contributed by atoms with van der Waals surface area (Å²) >= 11 is 0. The number of nitrogens with one attached hydrogen (secondary N) is 2. The zero-order chi connectivity index (χ0) is 26.2. The van der Waals surface area contributed by atoms with Crippen LogP contribution in [0.15, 0.2) is 36.8 Å². The number of ketones is 1. The van der Waals surface area contributed by atoms with Crippen molar-refractivity contribution >= 4 is 22.1 Å². The first kappa shape index (κ1) is 24.6. The number of hydrogen-bond acceptors (Lipinski definition) is 6. The molecular weight excluding hydrogens is 492 g/mol. The molecule has 4 aliphatic carbocycles. The Hall–Kier alpha value is -2.72. The third-order valence-electron chi connectivity index (χ3n) is 8.60. The molecule has 9 nitrogen and oxygen atoms in total. The highest BCUT2D eigenvalue weighted by molar-refractivity contribution is 7.88. The van der Waals surface area contributed by atoms with Crippen molar-refractivity contribution in [2.45, 2.75) is 76.5 Å². The Morgan fingerprint density at radius 3 is 2.54 bits per heavy atom. The molecule has 4 saturated carbocycles. The Kier molecular flexibility index (Phi) is 5.58. The van der Waals surface area contributed by atoms with E-state index in [1.165, 1.54) is 0 Å². The molecule has 1 aliphatic heterocycles. The molecule has 0 radical (unpaired) electrons. The second kappa shape index (κ2) is 8.39. The first-order valence-electron chi connectivity index (χ1n) is 13.1. The predicted molar refractivity (Wildman–Crippen MR) is 137 cm³/mol. The van der Waals surface area contributed by atoms with Gasteiger partial charge in [-0.3, -0.25) is 4.79 Å². The summed E-state index contributed by atoms with van der Waals surface area (Å²) in [7, 11) is -4.10. The van der Waals surface area contributed by atoms with Crippen molar-refractivity contribution in [1.82, 2.24) is 19.0 Å². The fourth-order valence-corrected chi connectivity index (χ4v) is 8.99. The number of Topliss-reactive ketones (excluding diaryl/α,β-unsaturated/α-hetero) is 1. The standard InChI is InChI=1S/C27H34N4O5S/c1-26(2,3)36-25(33)29-37(34,35)30-27-11-16-8-17(12-27)24(18(9-16)13-27)23(32)10-21-19-6-4-5-7-20(19)22-14-28-15-31(21)22/h4-7,14-18,21,24,30H,8-13H2,1-3H3,(H,29,33). The van der Waals surface area contributed by atoms with E-state index in [1.54, 1.807) is 20.8 Å². The highest BCUT2D eigenvalue weighted by Gasteiger charge is 2.58. The number of imidazole rings is 1. The zero-order valence-electron chi connectivity index (χ0n) is 21.4. The molecule has 3 atom stereocenters. The van der Waals surface area contributed by atoms with Crippen LogP contribution in [-0.2, 0) is 19.7 Å². The highest BCUT2D eigenvalue weighted by Crippen LogP contribution is 2.59. The molecule has 4 fully saturated rings. The van der Waals surface area contributed by atoms with E-state index in [1.807, 2.05) is 29.4 Å². The number of fused-ring (bicyclic) bond motifs is 3. The molecule has 1 amide bonds. The van der Waals surface area contributed by atoms with Crippen LogP contribution in [0.5, 0.6) is 0 Å². The van der Waals surface area contributed by atoms with Crippen molar-refractivity contribution in [2.75, 3.05) is 0 Å². The summed E-state index contributed by atoms with van der Waals surface area (Å²) in [5.41, 5.74) is 1.91. The normalized spacial score (nSPS) is 31.6. The minimum Gasteiger partial charge on any atom is -0.443 e. The van der Waals surface area contributed by atoms with E-state index in [4.69, 9.17) is 4.74 Å². The molecule has 3 unspecified atom stereocenters. The Balaban J connectivity index is 1.17. The number of amides is 1. The van der Waals surface area contributed by atoms with E-state index in [9.17, 15) is 18.0 Å². The van der Waals surface area contributed by atoms with Gasteiger partial charge in [0.05, 0.1) is 24.3 Å². The van der Waals surface area contributed by atoms with Crippen LogP contribution in [0, 0.1) is 23.7 Å². The van der Waals surface area contributed by atoms with Crippen LogP contribution < -0.4 is 9.44 Å². The predicted octanol–water partition coefficient (Wildman–Crippen LogP) is 3.97. The molecule has 2 N–H and O–H groups in total. The van der Waals surface area contributed by atoms with Crippen molar-refractivity contribution < 1.29 is 22.7 Å². The van der Waals surface area contributed by atoms with E-state index in [-0.39, 0.29) is 29.6 Å². The van der Waals surface area contributed by atoms with Crippen molar-refractivity contribution in [3.05, 3.63) is 42.4 Å². The van der Waals surface area contributed by atoms with Crippen LogP contribution in [-0.4, -0.2) is 41.0 Å². The van der Waals surface area contributed by atoms with Gasteiger partial charge in [0, 0.05) is 23.4 Å². The summed E-state index contributed by atoms with van der Waals surface area (Å²) in [4.78, 5) is 30.3. The number of benzene rings is 1. The van der Waals surface area contributed by atoms with Gasteiger partial charge in [-0.25, -0.2) is 14.5 Å². The van der Waals surface area contributed by atoms with Gasteiger partial charge in [0.15, 0.2) is 0 Å². The molecule has 0 spiro atoms. The summed E-state index contributed by atoms with van der Waals surface area (Å²) in [5.74, 6) is 0.870. The van der Waals surface area contributed by atoms with Gasteiger partial charge in [-0.05, 0) is 76.2 Å². The molecule has 37 heavy (non-hydrogen) atoms. The number of hydrogen-bond donors (Lipinski definition) is 2. The lowest BCUT2D eigenvalue weighted by Crippen LogP contribution is -2.64.